The molecule has 2 aromatic rings. The van der Waals surface area contributed by atoms with Crippen LogP contribution in [0.5, 0.6) is 5.75 Å². The lowest BCUT2D eigenvalue weighted by molar-refractivity contribution is -0.123. The molecule has 2 aromatic carbocycles. The number of carbonyl (C=O) groups excluding carboxylic acids is 3. The Morgan fingerprint density at radius 2 is 1.55 bits per heavy atom. The van der Waals surface area contributed by atoms with Gasteiger partial charge in [0.05, 0.1) is 29.7 Å². The Bertz CT molecular complexity index is 1030. The van der Waals surface area contributed by atoms with Crippen LogP contribution in [0, 0.1) is 23.7 Å². The number of ether oxygens (including phenoxy) is 2. The maximum Gasteiger partial charge on any atom is 0.338 e. The number of hydrogen-bond donors (Lipinski definition) is 0. The minimum Gasteiger partial charge on any atom is -0.489 e. The van der Waals surface area contributed by atoms with E-state index in [1.165, 1.54) is 4.90 Å². The van der Waals surface area contributed by atoms with E-state index in [0.29, 0.717) is 30.2 Å². The fourth-order valence-electron chi connectivity index (χ4n) is 4.97. The van der Waals surface area contributed by atoms with Gasteiger partial charge in [-0.25, -0.2) is 4.79 Å². The number of hydrogen-bond acceptors (Lipinski definition) is 5. The van der Waals surface area contributed by atoms with E-state index in [1.807, 2.05) is 12.1 Å². The summed E-state index contributed by atoms with van der Waals surface area (Å²) in [4.78, 5) is 38.9. The molecule has 2 fully saturated rings. The van der Waals surface area contributed by atoms with Crippen LogP contribution in [0.4, 0.5) is 5.69 Å². The third kappa shape index (κ3) is 3.32. The first-order valence-electron chi connectivity index (χ1n) is 10.6. The third-order valence-corrected chi connectivity index (χ3v) is 6.44. The van der Waals surface area contributed by atoms with Crippen molar-refractivity contribution in [3.8, 4) is 5.75 Å². The molecule has 158 valence electrons. The van der Waals surface area contributed by atoms with Gasteiger partial charge in [-0.15, -0.1) is 0 Å². The van der Waals surface area contributed by atoms with E-state index in [0.717, 1.165) is 12.0 Å². The zero-order valence-corrected chi connectivity index (χ0v) is 17.2. The van der Waals surface area contributed by atoms with Gasteiger partial charge in [0.25, 0.3) is 0 Å². The van der Waals surface area contributed by atoms with E-state index in [1.54, 1.807) is 43.3 Å². The molecule has 0 radical (unpaired) electrons. The molecule has 2 amide bonds. The number of fused-ring (bicyclic) bond motifs is 5. The molecule has 3 aliphatic rings. The highest BCUT2D eigenvalue weighted by atomic mass is 16.5. The first-order valence-corrected chi connectivity index (χ1v) is 10.6. The first kappa shape index (κ1) is 19.5. The molecule has 1 saturated carbocycles. The number of amides is 2. The Labute approximate surface area is 180 Å². The van der Waals surface area contributed by atoms with Crippen molar-refractivity contribution in [1.82, 2.24) is 0 Å². The average Bonchev–Trinajstić information content (AvgIpc) is 3.47. The highest BCUT2D eigenvalue weighted by Crippen LogP contribution is 2.53. The Morgan fingerprint density at radius 1 is 0.935 bits per heavy atom. The minimum absolute atomic E-state index is 0.0813. The number of carbonyl (C=O) groups is 3. The van der Waals surface area contributed by atoms with Crippen LogP contribution in [0.2, 0.25) is 0 Å². The standard InChI is InChI=1S/C25H23NO5/c1-2-30-25(29)16-5-3-15(4-6-16)14-31-20-11-9-19(10-12-20)26-23(27)21-17-7-8-18(13-17)22(21)24(26)28/h3-12,17-18,21-22H,2,13-14H2,1H3/t17-,18-,21-,22-/m0/s1. The van der Waals surface area contributed by atoms with Gasteiger partial charge >= 0.3 is 5.97 Å². The number of allylic oxidation sites excluding steroid dienone is 2. The number of imide groups is 1. The van der Waals surface area contributed by atoms with Crippen LogP contribution in [0.15, 0.2) is 60.7 Å². The zero-order chi connectivity index (χ0) is 21.5. The van der Waals surface area contributed by atoms with Gasteiger partial charge in [-0.2, -0.15) is 0 Å². The van der Waals surface area contributed by atoms with Gasteiger partial charge in [-0.3, -0.25) is 14.5 Å². The topological polar surface area (TPSA) is 72.9 Å². The van der Waals surface area contributed by atoms with Crippen LogP contribution in [0.25, 0.3) is 0 Å². The van der Waals surface area contributed by atoms with Crippen LogP contribution in [-0.4, -0.2) is 24.4 Å². The van der Waals surface area contributed by atoms with Crippen LogP contribution < -0.4 is 9.64 Å². The lowest BCUT2D eigenvalue weighted by Gasteiger charge is -2.17. The normalized spacial score (nSPS) is 25.8. The van der Waals surface area contributed by atoms with Crippen molar-refractivity contribution in [1.29, 1.82) is 0 Å². The summed E-state index contributed by atoms with van der Waals surface area (Å²) in [6.07, 6.45) is 5.11. The van der Waals surface area contributed by atoms with Crippen molar-refractivity contribution in [3.63, 3.8) is 0 Å². The highest BCUT2D eigenvalue weighted by Gasteiger charge is 2.59. The van der Waals surface area contributed by atoms with E-state index in [9.17, 15) is 14.4 Å². The van der Waals surface area contributed by atoms with Crippen molar-refractivity contribution >= 4 is 23.5 Å². The first-order chi connectivity index (χ1) is 15.1. The quantitative estimate of drug-likeness (QED) is 0.407. The monoisotopic (exact) mass is 417 g/mol. The van der Waals surface area contributed by atoms with Gasteiger partial charge in [0.2, 0.25) is 11.8 Å². The molecule has 0 unspecified atom stereocenters. The van der Waals surface area contributed by atoms with E-state index in [-0.39, 0.29) is 41.5 Å². The number of esters is 1. The summed E-state index contributed by atoms with van der Waals surface area (Å²) < 4.78 is 10.8. The van der Waals surface area contributed by atoms with Gasteiger partial charge in [-0.1, -0.05) is 24.3 Å². The Hall–Kier alpha value is -3.41. The molecular formula is C25H23NO5. The average molecular weight is 417 g/mol. The summed E-state index contributed by atoms with van der Waals surface area (Å²) in [5.41, 5.74) is 2.01. The predicted octanol–water partition coefficient (Wildman–Crippen LogP) is 3.75. The van der Waals surface area contributed by atoms with Crippen molar-refractivity contribution in [2.45, 2.75) is 20.0 Å². The largest absolute Gasteiger partial charge is 0.489 e. The van der Waals surface area contributed by atoms with Crippen LogP contribution in [0.3, 0.4) is 0 Å². The van der Waals surface area contributed by atoms with Gasteiger partial charge in [0.1, 0.15) is 12.4 Å². The predicted molar refractivity (Wildman–Crippen MR) is 113 cm³/mol. The number of nitrogens with zero attached hydrogens (tertiary/aromatic N) is 1. The summed E-state index contributed by atoms with van der Waals surface area (Å²) in [7, 11) is 0. The number of rotatable bonds is 6. The Kier molecular flexibility index (Phi) is 4.85. The summed E-state index contributed by atoms with van der Waals surface area (Å²) in [5.74, 6) is 0.142. The van der Waals surface area contributed by atoms with Crippen LogP contribution in [-0.2, 0) is 20.9 Å². The molecule has 0 spiro atoms. The van der Waals surface area contributed by atoms with E-state index in [2.05, 4.69) is 12.2 Å². The molecule has 6 heteroatoms. The van der Waals surface area contributed by atoms with E-state index < -0.39 is 0 Å². The second kappa shape index (κ2) is 7.69. The molecule has 1 aliphatic heterocycles. The second-order valence-electron chi connectivity index (χ2n) is 8.21. The summed E-state index contributed by atoms with van der Waals surface area (Å²) >= 11 is 0. The molecule has 31 heavy (non-hydrogen) atoms. The van der Waals surface area contributed by atoms with Gasteiger partial charge < -0.3 is 9.47 Å². The maximum absolute atomic E-state index is 12.9. The smallest absolute Gasteiger partial charge is 0.338 e. The molecule has 0 N–H and O–H groups in total. The molecule has 0 aromatic heterocycles. The van der Waals surface area contributed by atoms with Crippen LogP contribution >= 0.6 is 0 Å². The van der Waals surface area contributed by atoms with Gasteiger partial charge in [-0.05, 0) is 67.1 Å². The minimum atomic E-state index is -0.343. The van der Waals surface area contributed by atoms with Crippen molar-refractivity contribution in [2.75, 3.05) is 11.5 Å². The van der Waals surface area contributed by atoms with Crippen molar-refractivity contribution in [2.24, 2.45) is 23.7 Å². The zero-order valence-electron chi connectivity index (χ0n) is 17.2. The molecular weight excluding hydrogens is 394 g/mol. The molecule has 2 aliphatic carbocycles. The fourth-order valence-corrected chi connectivity index (χ4v) is 4.97. The number of benzene rings is 2. The maximum atomic E-state index is 12.9. The lowest BCUT2D eigenvalue weighted by atomic mass is 9.85. The van der Waals surface area contributed by atoms with Crippen molar-refractivity contribution < 1.29 is 23.9 Å². The second-order valence-corrected chi connectivity index (χ2v) is 8.21. The number of anilines is 1. The molecule has 1 heterocycles. The summed E-state index contributed by atoms with van der Waals surface area (Å²) in [5, 5.41) is 0. The van der Waals surface area contributed by atoms with E-state index >= 15 is 0 Å². The Balaban J connectivity index is 1.23. The third-order valence-electron chi connectivity index (χ3n) is 6.44. The summed E-state index contributed by atoms with van der Waals surface area (Å²) in [6, 6.07) is 14.1. The SMILES string of the molecule is CCOC(=O)c1ccc(COc2ccc(N3C(=O)[C@@H]4[C@@H](C3=O)[C@H]3C=C[C@H]4C3)cc2)cc1. The Morgan fingerprint density at radius 3 is 2.13 bits per heavy atom. The molecule has 5 rings (SSSR count). The lowest BCUT2D eigenvalue weighted by Crippen LogP contribution is -2.32. The van der Waals surface area contributed by atoms with Gasteiger partial charge in [0, 0.05) is 0 Å². The molecule has 6 nitrogen and oxygen atoms in total. The molecule has 4 atom stereocenters. The fraction of sp³-hybridized carbons (Fsp3) is 0.320. The van der Waals surface area contributed by atoms with Gasteiger partial charge in [0.15, 0.2) is 0 Å². The summed E-state index contributed by atoms with van der Waals surface area (Å²) in [6.45, 7) is 2.45. The van der Waals surface area contributed by atoms with Crippen LogP contribution in [0.1, 0.15) is 29.3 Å². The molecule has 1 saturated heterocycles. The van der Waals surface area contributed by atoms with Crippen molar-refractivity contribution in [3.05, 3.63) is 71.8 Å². The van der Waals surface area contributed by atoms with E-state index in [4.69, 9.17) is 9.47 Å². The molecule has 2 bridgehead atoms. The highest BCUT2D eigenvalue weighted by molar-refractivity contribution is 6.22.